The van der Waals surface area contributed by atoms with Crippen molar-refractivity contribution in [3.05, 3.63) is 95.5 Å². The number of carbonyl (C=O) groups excluding carboxylic acids is 1. The molecule has 1 fully saturated rings. The molecule has 0 radical (unpaired) electrons. The summed E-state index contributed by atoms with van der Waals surface area (Å²) in [5, 5.41) is 3.57. The van der Waals surface area contributed by atoms with E-state index >= 15 is 0 Å². The molecule has 1 aliphatic rings. The predicted molar refractivity (Wildman–Crippen MR) is 120 cm³/mol. The van der Waals surface area contributed by atoms with Gasteiger partial charge < -0.3 is 10.2 Å². The van der Waals surface area contributed by atoms with Crippen LogP contribution in [0.2, 0.25) is 0 Å². The quantitative estimate of drug-likeness (QED) is 0.661. The Morgan fingerprint density at radius 2 is 2.03 bits per heavy atom. The second-order valence-corrected chi connectivity index (χ2v) is 7.14. The molecule has 0 aliphatic carbocycles. The summed E-state index contributed by atoms with van der Waals surface area (Å²) in [5.41, 5.74) is 3.68. The molecule has 1 aromatic carbocycles. The van der Waals surface area contributed by atoms with Crippen LogP contribution in [0.25, 0.3) is 6.08 Å². The molecule has 0 spiro atoms. The fourth-order valence-electron chi connectivity index (χ4n) is 3.70. The minimum Gasteiger partial charge on any atom is -0.353 e. The van der Waals surface area contributed by atoms with Crippen LogP contribution in [-0.2, 0) is 0 Å². The van der Waals surface area contributed by atoms with Gasteiger partial charge in [0, 0.05) is 51.5 Å². The minimum absolute atomic E-state index is 0. The molecular weight excluding hydrogens is 360 g/mol. The Bertz CT molecular complexity index is 1040. The number of hydrogen-bond donors (Lipinski definition) is 1. The van der Waals surface area contributed by atoms with E-state index in [-0.39, 0.29) is 14.7 Å². The number of carbonyl (C=O) groups is 1. The van der Waals surface area contributed by atoms with Crippen molar-refractivity contribution in [1.82, 2.24) is 15.3 Å². The summed E-state index contributed by atoms with van der Waals surface area (Å²) in [6.45, 7) is 8.18. The number of piperazine rings is 1. The van der Waals surface area contributed by atoms with Gasteiger partial charge in [-0.3, -0.25) is 9.78 Å². The Morgan fingerprint density at radius 3 is 2.79 bits per heavy atom. The zero-order valence-corrected chi connectivity index (χ0v) is 16.5. The Kier molecular flexibility index (Phi) is 5.49. The van der Waals surface area contributed by atoms with Crippen molar-refractivity contribution in [2.24, 2.45) is 0 Å². The second-order valence-electron chi connectivity index (χ2n) is 7.14. The molecule has 1 N–H and O–H groups in total. The lowest BCUT2D eigenvalue weighted by molar-refractivity contribution is 0.103. The van der Waals surface area contributed by atoms with Crippen molar-refractivity contribution < 1.29 is 7.65 Å². The van der Waals surface area contributed by atoms with Crippen molar-refractivity contribution >= 4 is 17.7 Å². The van der Waals surface area contributed by atoms with E-state index in [4.69, 9.17) is 4.98 Å². The first kappa shape index (κ1) is 19.0. The highest BCUT2D eigenvalue weighted by molar-refractivity contribution is 6.10. The van der Waals surface area contributed by atoms with E-state index in [1.54, 1.807) is 24.4 Å². The van der Waals surface area contributed by atoms with Gasteiger partial charge in [0.15, 0.2) is 0 Å². The van der Waals surface area contributed by atoms with Gasteiger partial charge in [-0.25, -0.2) is 4.98 Å². The summed E-state index contributed by atoms with van der Waals surface area (Å²) in [6, 6.07) is 18.1. The SMILES string of the molecule is C=Cc1ccc(N2CCN[C@@H](c3ccccc3)C2)nc1C(=O)c1cccnc1C.[HH].[HH]. The highest BCUT2D eigenvalue weighted by Crippen LogP contribution is 2.24. The summed E-state index contributed by atoms with van der Waals surface area (Å²) in [7, 11) is 0. The van der Waals surface area contributed by atoms with Crippen molar-refractivity contribution in [3.8, 4) is 0 Å². The summed E-state index contributed by atoms with van der Waals surface area (Å²) < 4.78 is 0. The van der Waals surface area contributed by atoms with E-state index in [1.807, 2.05) is 25.1 Å². The van der Waals surface area contributed by atoms with Crippen molar-refractivity contribution in [1.29, 1.82) is 0 Å². The van der Waals surface area contributed by atoms with Crippen LogP contribution in [0, 0.1) is 6.92 Å². The molecule has 2 aromatic heterocycles. The number of anilines is 1. The fourth-order valence-corrected chi connectivity index (χ4v) is 3.70. The molecule has 4 rings (SSSR count). The molecule has 1 saturated heterocycles. The van der Waals surface area contributed by atoms with Crippen LogP contribution in [-0.4, -0.2) is 35.4 Å². The lowest BCUT2D eigenvalue weighted by atomic mass is 10.0. The minimum atomic E-state index is -0.123. The van der Waals surface area contributed by atoms with Crippen molar-refractivity contribution in [2.75, 3.05) is 24.5 Å². The number of aryl methyl sites for hydroxylation is 1. The van der Waals surface area contributed by atoms with E-state index < -0.39 is 0 Å². The van der Waals surface area contributed by atoms with Gasteiger partial charge in [-0.05, 0) is 36.8 Å². The van der Waals surface area contributed by atoms with Crippen molar-refractivity contribution in [2.45, 2.75) is 13.0 Å². The summed E-state index contributed by atoms with van der Waals surface area (Å²) in [5.74, 6) is 0.685. The second kappa shape index (κ2) is 8.37. The first-order valence-electron chi connectivity index (χ1n) is 9.80. The average molecular weight is 389 g/mol. The molecule has 0 amide bonds. The first-order chi connectivity index (χ1) is 14.2. The van der Waals surface area contributed by atoms with Gasteiger partial charge in [-0.15, -0.1) is 0 Å². The van der Waals surface area contributed by atoms with Crippen LogP contribution < -0.4 is 10.2 Å². The fraction of sp³-hybridized carbons (Fsp3) is 0.208. The topological polar surface area (TPSA) is 58.1 Å². The molecule has 1 atom stereocenters. The summed E-state index contributed by atoms with van der Waals surface area (Å²) in [4.78, 5) is 24.4. The molecule has 0 bridgehead atoms. The number of benzene rings is 1. The van der Waals surface area contributed by atoms with E-state index in [0.717, 1.165) is 31.0 Å². The zero-order chi connectivity index (χ0) is 20.2. The Balaban J connectivity index is 0.00000171. The third-order valence-electron chi connectivity index (χ3n) is 5.30. The van der Waals surface area contributed by atoms with Crippen LogP contribution >= 0.6 is 0 Å². The molecule has 0 unspecified atom stereocenters. The standard InChI is InChI=1S/C24H24N4O.2H2/c1-3-18-11-12-22(27-23(18)24(29)20-10-7-13-25-17(20)2)28-15-14-26-21(16-28)19-8-5-4-6-9-19;;/h3-13,21,26H,1,14-16H2,2H3;2*1H/t21-;;/m1../s1. The number of rotatable bonds is 5. The van der Waals surface area contributed by atoms with Gasteiger partial charge in [-0.2, -0.15) is 0 Å². The van der Waals surface area contributed by atoms with Gasteiger partial charge in [0.1, 0.15) is 11.5 Å². The average Bonchev–Trinajstić information content (AvgIpc) is 2.79. The Hall–Kier alpha value is -3.31. The van der Waals surface area contributed by atoms with E-state index in [9.17, 15) is 4.79 Å². The van der Waals surface area contributed by atoms with Crippen LogP contribution in [0.3, 0.4) is 0 Å². The number of hydrogen-bond acceptors (Lipinski definition) is 5. The number of aromatic nitrogens is 2. The number of nitrogens with one attached hydrogen (secondary N) is 1. The first-order valence-corrected chi connectivity index (χ1v) is 9.80. The largest absolute Gasteiger partial charge is 0.353 e. The van der Waals surface area contributed by atoms with Gasteiger partial charge >= 0.3 is 0 Å². The van der Waals surface area contributed by atoms with E-state index in [0.29, 0.717) is 17.0 Å². The summed E-state index contributed by atoms with van der Waals surface area (Å²) >= 11 is 0. The van der Waals surface area contributed by atoms with Gasteiger partial charge in [0.25, 0.3) is 0 Å². The maximum atomic E-state index is 13.2. The van der Waals surface area contributed by atoms with E-state index in [1.165, 1.54) is 5.56 Å². The molecule has 5 heteroatoms. The maximum absolute atomic E-state index is 13.2. The van der Waals surface area contributed by atoms with Crippen LogP contribution in [0.5, 0.6) is 0 Å². The lowest BCUT2D eigenvalue weighted by Crippen LogP contribution is -2.46. The number of nitrogens with zero attached hydrogens (tertiary/aromatic N) is 3. The highest BCUT2D eigenvalue weighted by atomic mass is 16.1. The molecule has 150 valence electrons. The van der Waals surface area contributed by atoms with Crippen LogP contribution in [0.4, 0.5) is 5.82 Å². The summed E-state index contributed by atoms with van der Waals surface area (Å²) in [6.07, 6.45) is 3.37. The normalized spacial score (nSPS) is 16.4. The Morgan fingerprint density at radius 1 is 1.21 bits per heavy atom. The molecular formula is C24H28N4O. The molecule has 3 aromatic rings. The zero-order valence-electron chi connectivity index (χ0n) is 16.5. The third kappa shape index (κ3) is 3.96. The van der Waals surface area contributed by atoms with Gasteiger partial charge in [0.05, 0.1) is 0 Å². The molecule has 3 heterocycles. The number of pyridine rings is 2. The predicted octanol–water partition coefficient (Wildman–Crippen LogP) is 4.30. The highest BCUT2D eigenvalue weighted by Gasteiger charge is 2.24. The third-order valence-corrected chi connectivity index (χ3v) is 5.30. The molecule has 29 heavy (non-hydrogen) atoms. The molecule has 0 saturated carbocycles. The lowest BCUT2D eigenvalue weighted by Gasteiger charge is -2.35. The monoisotopic (exact) mass is 388 g/mol. The van der Waals surface area contributed by atoms with E-state index in [2.05, 4.69) is 46.0 Å². The number of ketones is 1. The maximum Gasteiger partial charge on any atom is 0.213 e. The van der Waals surface area contributed by atoms with Gasteiger partial charge in [0.2, 0.25) is 5.78 Å². The van der Waals surface area contributed by atoms with Crippen molar-refractivity contribution in [3.63, 3.8) is 0 Å². The Labute approximate surface area is 174 Å². The van der Waals surface area contributed by atoms with Crippen LogP contribution in [0.1, 0.15) is 41.8 Å². The smallest absolute Gasteiger partial charge is 0.213 e. The molecule has 5 nitrogen and oxygen atoms in total. The van der Waals surface area contributed by atoms with Gasteiger partial charge in [-0.1, -0.05) is 43.0 Å². The molecule has 1 aliphatic heterocycles. The van der Waals surface area contributed by atoms with Crippen LogP contribution in [0.15, 0.2) is 67.4 Å².